The Morgan fingerprint density at radius 1 is 1.32 bits per heavy atom. The summed E-state index contributed by atoms with van der Waals surface area (Å²) in [5.74, 6) is -1.52. The summed E-state index contributed by atoms with van der Waals surface area (Å²) in [6.07, 6.45) is 0.530. The molecule has 0 aromatic heterocycles. The molecule has 1 heterocycles. The molecule has 1 saturated heterocycles. The smallest absolute Gasteiger partial charge is 0.323 e. The second-order valence-electron chi connectivity index (χ2n) is 6.21. The van der Waals surface area contributed by atoms with Gasteiger partial charge in [-0.05, 0) is 11.8 Å². The maximum atomic E-state index is 12.2. The number of carbonyl (C=O) groups is 2. The van der Waals surface area contributed by atoms with Crippen LogP contribution in [0, 0.1) is 5.41 Å². The molecule has 1 aliphatic rings. The van der Waals surface area contributed by atoms with Crippen LogP contribution in [0.1, 0.15) is 33.6 Å². The summed E-state index contributed by atoms with van der Waals surface area (Å²) in [6.45, 7) is 5.22. The zero-order valence-electron chi connectivity index (χ0n) is 11.5. The largest absolute Gasteiger partial charge is 0.480 e. The van der Waals surface area contributed by atoms with Crippen LogP contribution in [-0.2, 0) is 19.4 Å². The van der Waals surface area contributed by atoms with Gasteiger partial charge in [-0.2, -0.15) is 0 Å². The van der Waals surface area contributed by atoms with E-state index in [1.54, 1.807) is 0 Å². The van der Waals surface area contributed by atoms with Gasteiger partial charge < -0.3 is 10.0 Å². The van der Waals surface area contributed by atoms with E-state index in [-0.39, 0.29) is 29.2 Å². The summed E-state index contributed by atoms with van der Waals surface area (Å²) in [5.41, 5.74) is -0.259. The van der Waals surface area contributed by atoms with Crippen LogP contribution < -0.4 is 0 Å². The van der Waals surface area contributed by atoms with Gasteiger partial charge in [0.05, 0.1) is 11.5 Å². The third-order valence-electron chi connectivity index (χ3n) is 2.96. The quantitative estimate of drug-likeness (QED) is 0.815. The van der Waals surface area contributed by atoms with Crippen LogP contribution in [0.4, 0.5) is 0 Å². The predicted octanol–water partition coefficient (Wildman–Crippen LogP) is 0.523. The fourth-order valence-electron chi connectivity index (χ4n) is 2.14. The van der Waals surface area contributed by atoms with Gasteiger partial charge in [-0.1, -0.05) is 20.8 Å². The molecule has 0 saturated carbocycles. The van der Waals surface area contributed by atoms with Gasteiger partial charge in [-0.15, -0.1) is 0 Å². The molecular formula is C12H21NO5S. The highest BCUT2D eigenvalue weighted by molar-refractivity contribution is 7.91. The van der Waals surface area contributed by atoms with Gasteiger partial charge in [-0.25, -0.2) is 8.42 Å². The topological polar surface area (TPSA) is 91.8 Å². The number of rotatable bonds is 4. The van der Waals surface area contributed by atoms with Crippen molar-refractivity contribution >= 4 is 21.7 Å². The fraction of sp³-hybridized carbons (Fsp3) is 0.833. The standard InChI is InChI=1S/C12H21NO5S/c1-12(2,3)6-10(14)13(7-11(15)16)9-4-5-19(17,18)8-9/h9H,4-8H2,1-3H3,(H,15,16). The van der Waals surface area contributed by atoms with Gasteiger partial charge in [0.25, 0.3) is 0 Å². The maximum Gasteiger partial charge on any atom is 0.323 e. The van der Waals surface area contributed by atoms with E-state index < -0.39 is 28.4 Å². The molecule has 110 valence electrons. The molecule has 1 N–H and O–H groups in total. The number of nitrogens with zero attached hydrogens (tertiary/aromatic N) is 1. The van der Waals surface area contributed by atoms with Crippen molar-refractivity contribution in [3.8, 4) is 0 Å². The molecule has 1 rings (SSSR count). The van der Waals surface area contributed by atoms with Crippen LogP contribution >= 0.6 is 0 Å². The van der Waals surface area contributed by atoms with E-state index in [4.69, 9.17) is 5.11 Å². The van der Waals surface area contributed by atoms with Crippen molar-refractivity contribution in [3.63, 3.8) is 0 Å². The van der Waals surface area contributed by atoms with Crippen molar-refractivity contribution < 1.29 is 23.1 Å². The number of aliphatic carboxylic acids is 1. The molecule has 0 aliphatic carbocycles. The lowest BCUT2D eigenvalue weighted by Crippen LogP contribution is -2.45. The van der Waals surface area contributed by atoms with Crippen molar-refractivity contribution in [3.05, 3.63) is 0 Å². The number of sulfone groups is 1. The third kappa shape index (κ3) is 5.18. The van der Waals surface area contributed by atoms with Gasteiger partial charge in [0, 0.05) is 12.5 Å². The Labute approximate surface area is 113 Å². The molecule has 0 radical (unpaired) electrons. The lowest BCUT2D eigenvalue weighted by Gasteiger charge is -2.29. The van der Waals surface area contributed by atoms with Gasteiger partial charge in [0.15, 0.2) is 9.84 Å². The third-order valence-corrected chi connectivity index (χ3v) is 4.71. The number of carbonyl (C=O) groups excluding carboxylic acids is 1. The van der Waals surface area contributed by atoms with E-state index in [1.165, 1.54) is 4.90 Å². The molecule has 1 aliphatic heterocycles. The van der Waals surface area contributed by atoms with Crippen LogP contribution in [0.3, 0.4) is 0 Å². The highest BCUT2D eigenvalue weighted by Gasteiger charge is 2.36. The summed E-state index contributed by atoms with van der Waals surface area (Å²) in [4.78, 5) is 24.2. The lowest BCUT2D eigenvalue weighted by molar-refractivity contribution is -0.146. The Bertz CT molecular complexity index is 463. The molecule has 0 bridgehead atoms. The SMILES string of the molecule is CC(C)(C)CC(=O)N(CC(=O)O)C1CCS(=O)(=O)C1. The van der Waals surface area contributed by atoms with E-state index >= 15 is 0 Å². The molecule has 0 aromatic carbocycles. The molecule has 7 heteroatoms. The molecule has 1 unspecified atom stereocenters. The van der Waals surface area contributed by atoms with Crippen molar-refractivity contribution in [1.82, 2.24) is 4.90 Å². The molecule has 1 atom stereocenters. The molecule has 0 spiro atoms. The number of hydrogen-bond donors (Lipinski definition) is 1. The highest BCUT2D eigenvalue weighted by atomic mass is 32.2. The van der Waals surface area contributed by atoms with Crippen LogP contribution in [0.5, 0.6) is 0 Å². The molecule has 6 nitrogen and oxygen atoms in total. The minimum Gasteiger partial charge on any atom is -0.480 e. The van der Waals surface area contributed by atoms with E-state index in [0.717, 1.165) is 0 Å². The summed E-state index contributed by atoms with van der Waals surface area (Å²) >= 11 is 0. The van der Waals surface area contributed by atoms with Crippen molar-refractivity contribution in [1.29, 1.82) is 0 Å². The van der Waals surface area contributed by atoms with E-state index in [0.29, 0.717) is 6.42 Å². The number of amides is 1. The van der Waals surface area contributed by atoms with Gasteiger partial charge in [0.1, 0.15) is 6.54 Å². The Hall–Kier alpha value is -1.11. The van der Waals surface area contributed by atoms with Crippen molar-refractivity contribution in [2.45, 2.75) is 39.7 Å². The fourth-order valence-corrected chi connectivity index (χ4v) is 3.87. The number of carboxylic acid groups (broad SMARTS) is 1. The average Bonchev–Trinajstić information content (AvgIpc) is 2.52. The average molecular weight is 291 g/mol. The Kier molecular flexibility index (Phi) is 4.60. The summed E-state index contributed by atoms with van der Waals surface area (Å²) in [5, 5.41) is 8.88. The Morgan fingerprint density at radius 3 is 2.26 bits per heavy atom. The van der Waals surface area contributed by atoms with Crippen LogP contribution in [0.15, 0.2) is 0 Å². The zero-order valence-corrected chi connectivity index (χ0v) is 12.4. The lowest BCUT2D eigenvalue weighted by atomic mass is 9.91. The van der Waals surface area contributed by atoms with E-state index in [1.807, 2.05) is 20.8 Å². The second-order valence-corrected chi connectivity index (χ2v) is 8.44. The molecule has 19 heavy (non-hydrogen) atoms. The Balaban J connectivity index is 2.84. The van der Waals surface area contributed by atoms with E-state index in [9.17, 15) is 18.0 Å². The summed E-state index contributed by atoms with van der Waals surface area (Å²) < 4.78 is 22.9. The van der Waals surface area contributed by atoms with Gasteiger partial charge in [0.2, 0.25) is 5.91 Å². The zero-order chi connectivity index (χ0) is 14.8. The summed E-state index contributed by atoms with van der Waals surface area (Å²) in [6, 6.07) is -0.504. The van der Waals surface area contributed by atoms with E-state index in [2.05, 4.69) is 0 Å². The maximum absolute atomic E-state index is 12.2. The minimum absolute atomic E-state index is 0.0244. The molecule has 1 fully saturated rings. The normalized spacial score (nSPS) is 22.2. The Morgan fingerprint density at radius 2 is 1.89 bits per heavy atom. The number of carboxylic acids is 1. The van der Waals surface area contributed by atoms with Crippen LogP contribution in [-0.4, -0.2) is 54.4 Å². The first-order valence-corrected chi connectivity index (χ1v) is 8.04. The van der Waals surface area contributed by atoms with Crippen LogP contribution in [0.2, 0.25) is 0 Å². The number of hydrogen-bond acceptors (Lipinski definition) is 4. The molecule has 0 aromatic rings. The van der Waals surface area contributed by atoms with Gasteiger partial charge >= 0.3 is 5.97 Å². The predicted molar refractivity (Wildman–Crippen MR) is 70.5 cm³/mol. The molecular weight excluding hydrogens is 270 g/mol. The van der Waals surface area contributed by atoms with Crippen LogP contribution in [0.25, 0.3) is 0 Å². The monoisotopic (exact) mass is 291 g/mol. The minimum atomic E-state index is -3.14. The second kappa shape index (κ2) is 5.48. The molecule has 1 amide bonds. The first kappa shape index (κ1) is 15.9. The highest BCUT2D eigenvalue weighted by Crippen LogP contribution is 2.24. The summed E-state index contributed by atoms with van der Waals surface area (Å²) in [7, 11) is -3.14. The van der Waals surface area contributed by atoms with Crippen molar-refractivity contribution in [2.75, 3.05) is 18.1 Å². The van der Waals surface area contributed by atoms with Crippen molar-refractivity contribution in [2.24, 2.45) is 5.41 Å². The first-order chi connectivity index (χ1) is 8.50. The van der Waals surface area contributed by atoms with Gasteiger partial charge in [-0.3, -0.25) is 9.59 Å². The first-order valence-electron chi connectivity index (χ1n) is 6.22.